The zero-order valence-corrected chi connectivity index (χ0v) is 11.8. The van der Waals surface area contributed by atoms with E-state index in [2.05, 4.69) is 10.3 Å². The highest BCUT2D eigenvalue weighted by molar-refractivity contribution is 6.12. The van der Waals surface area contributed by atoms with Crippen molar-refractivity contribution in [2.75, 3.05) is 10.2 Å². The van der Waals surface area contributed by atoms with Crippen LogP contribution in [0.3, 0.4) is 0 Å². The van der Waals surface area contributed by atoms with E-state index in [1.165, 1.54) is 12.5 Å². The smallest absolute Gasteiger partial charge is 0.332 e. The number of hydrogen-bond acceptors (Lipinski definition) is 5. The van der Waals surface area contributed by atoms with Gasteiger partial charge in [0.05, 0.1) is 17.3 Å². The molecule has 1 N–H and O–H groups in total. The number of imide groups is 1. The molecule has 0 aliphatic carbocycles. The lowest BCUT2D eigenvalue weighted by Crippen LogP contribution is -2.33. The van der Waals surface area contributed by atoms with Crippen LogP contribution in [0.2, 0.25) is 0 Å². The first-order chi connectivity index (χ1) is 11.2. The maximum absolute atomic E-state index is 12.3. The second-order valence-corrected chi connectivity index (χ2v) is 4.60. The van der Waals surface area contributed by atoms with Gasteiger partial charge in [0.1, 0.15) is 5.52 Å². The van der Waals surface area contributed by atoms with Crippen molar-refractivity contribution in [2.24, 2.45) is 0 Å². The number of nitrogens with zero attached hydrogens (tertiary/aromatic N) is 3. The number of nitriles is 1. The van der Waals surface area contributed by atoms with Gasteiger partial charge in [0.15, 0.2) is 12.0 Å². The minimum atomic E-state index is -0.644. The van der Waals surface area contributed by atoms with Gasteiger partial charge in [-0.2, -0.15) is 5.26 Å². The molecule has 0 bridgehead atoms. The first-order valence-corrected chi connectivity index (χ1v) is 6.60. The summed E-state index contributed by atoms with van der Waals surface area (Å²) < 4.78 is 5.16. The number of oxazole rings is 1. The van der Waals surface area contributed by atoms with Crippen LogP contribution >= 0.6 is 0 Å². The Morgan fingerprint density at radius 1 is 1.30 bits per heavy atom. The highest BCUT2D eigenvalue weighted by atomic mass is 16.3. The fraction of sp³-hybridized carbons (Fsp3) is 0. The number of amides is 3. The zero-order chi connectivity index (χ0) is 16.2. The van der Waals surface area contributed by atoms with Crippen LogP contribution in [0.15, 0.2) is 53.3 Å². The summed E-state index contributed by atoms with van der Waals surface area (Å²) in [5.74, 6) is 0. The van der Waals surface area contributed by atoms with Gasteiger partial charge in [-0.1, -0.05) is 6.07 Å². The first kappa shape index (κ1) is 14.3. The average Bonchev–Trinajstić information content (AvgIpc) is 3.03. The molecule has 0 saturated heterocycles. The lowest BCUT2D eigenvalue weighted by Gasteiger charge is -2.16. The molecule has 0 radical (unpaired) electrons. The van der Waals surface area contributed by atoms with E-state index < -0.39 is 6.03 Å². The van der Waals surface area contributed by atoms with Crippen LogP contribution in [0.5, 0.6) is 0 Å². The van der Waals surface area contributed by atoms with Crippen LogP contribution in [0.25, 0.3) is 11.1 Å². The van der Waals surface area contributed by atoms with E-state index in [4.69, 9.17) is 9.68 Å². The van der Waals surface area contributed by atoms with Gasteiger partial charge in [0, 0.05) is 11.8 Å². The topological polar surface area (TPSA) is 99.2 Å². The molecule has 1 aromatic heterocycles. The van der Waals surface area contributed by atoms with Crippen molar-refractivity contribution in [3.05, 3.63) is 54.4 Å². The van der Waals surface area contributed by atoms with Gasteiger partial charge in [0.25, 0.3) is 0 Å². The molecule has 0 spiro atoms. The number of fused-ring (bicyclic) bond motifs is 1. The van der Waals surface area contributed by atoms with E-state index in [0.717, 1.165) is 4.90 Å². The first-order valence-electron chi connectivity index (χ1n) is 6.60. The monoisotopic (exact) mass is 306 g/mol. The summed E-state index contributed by atoms with van der Waals surface area (Å²) in [7, 11) is 0. The van der Waals surface area contributed by atoms with Gasteiger partial charge in [-0.15, -0.1) is 0 Å². The van der Waals surface area contributed by atoms with E-state index in [1.807, 2.05) is 6.07 Å². The Kier molecular flexibility index (Phi) is 3.72. The molecule has 1 heterocycles. The Balaban J connectivity index is 1.86. The Hall–Kier alpha value is -3.66. The van der Waals surface area contributed by atoms with E-state index in [9.17, 15) is 9.59 Å². The van der Waals surface area contributed by atoms with Gasteiger partial charge in [-0.05, 0) is 30.3 Å². The SMILES string of the molecule is N#Cc1cccc(NC(=O)N(C=O)c2ccc3ncoc3c2)c1. The maximum atomic E-state index is 12.3. The lowest BCUT2D eigenvalue weighted by atomic mass is 10.2. The summed E-state index contributed by atoms with van der Waals surface area (Å²) >= 11 is 0. The van der Waals surface area contributed by atoms with Crippen LogP contribution in [0.1, 0.15) is 5.56 Å². The molecular weight excluding hydrogens is 296 g/mol. The molecular formula is C16H10N4O3. The quantitative estimate of drug-likeness (QED) is 0.750. The molecule has 23 heavy (non-hydrogen) atoms. The molecule has 0 fully saturated rings. The minimum Gasteiger partial charge on any atom is -0.443 e. The van der Waals surface area contributed by atoms with Crippen molar-refractivity contribution >= 4 is 34.9 Å². The van der Waals surface area contributed by atoms with Crippen LogP contribution in [0.4, 0.5) is 16.2 Å². The van der Waals surface area contributed by atoms with E-state index in [0.29, 0.717) is 34.4 Å². The normalized spacial score (nSPS) is 10.0. The van der Waals surface area contributed by atoms with Gasteiger partial charge in [-0.25, -0.2) is 14.7 Å². The summed E-state index contributed by atoms with van der Waals surface area (Å²) in [5.41, 5.74) is 2.26. The molecule has 0 atom stereocenters. The lowest BCUT2D eigenvalue weighted by molar-refractivity contribution is -0.106. The highest BCUT2D eigenvalue weighted by Crippen LogP contribution is 2.21. The second-order valence-electron chi connectivity index (χ2n) is 4.60. The third-order valence-electron chi connectivity index (χ3n) is 3.16. The molecule has 3 aromatic rings. The van der Waals surface area contributed by atoms with Gasteiger partial charge in [0.2, 0.25) is 6.41 Å². The summed E-state index contributed by atoms with van der Waals surface area (Å²) in [5, 5.41) is 11.4. The number of aromatic nitrogens is 1. The fourth-order valence-corrected chi connectivity index (χ4v) is 2.07. The standard InChI is InChI=1S/C16H10N4O3/c17-8-11-2-1-3-12(6-11)19-16(22)20(10-21)13-4-5-14-15(7-13)23-9-18-14/h1-7,9-10H,(H,19,22). The fourth-order valence-electron chi connectivity index (χ4n) is 2.07. The maximum Gasteiger partial charge on any atom is 0.332 e. The van der Waals surface area contributed by atoms with Crippen molar-refractivity contribution in [3.63, 3.8) is 0 Å². The van der Waals surface area contributed by atoms with E-state index in [-0.39, 0.29) is 0 Å². The van der Waals surface area contributed by atoms with E-state index >= 15 is 0 Å². The molecule has 7 heteroatoms. The minimum absolute atomic E-state index is 0.346. The van der Waals surface area contributed by atoms with Gasteiger partial charge >= 0.3 is 6.03 Å². The van der Waals surface area contributed by atoms with Crippen molar-refractivity contribution < 1.29 is 14.0 Å². The number of rotatable bonds is 3. The molecule has 112 valence electrons. The van der Waals surface area contributed by atoms with Crippen LogP contribution in [-0.4, -0.2) is 17.4 Å². The number of urea groups is 1. The number of hydrogen-bond donors (Lipinski definition) is 1. The summed E-state index contributed by atoms with van der Waals surface area (Å²) in [6.45, 7) is 0. The Morgan fingerprint density at radius 2 is 2.17 bits per heavy atom. The molecule has 3 rings (SSSR count). The number of anilines is 2. The number of nitrogens with one attached hydrogen (secondary N) is 1. The third-order valence-corrected chi connectivity index (χ3v) is 3.16. The Labute approximate surface area is 130 Å². The molecule has 7 nitrogen and oxygen atoms in total. The number of benzene rings is 2. The molecule has 0 unspecified atom stereocenters. The predicted octanol–water partition coefficient (Wildman–Crippen LogP) is 2.89. The number of carbonyl (C=O) groups excluding carboxylic acids is 2. The Bertz CT molecular complexity index is 926. The van der Waals surface area contributed by atoms with Crippen LogP contribution in [0, 0.1) is 11.3 Å². The average molecular weight is 306 g/mol. The summed E-state index contributed by atoms with van der Waals surface area (Å²) in [6, 6.07) is 12.5. The van der Waals surface area contributed by atoms with E-state index in [1.54, 1.807) is 36.4 Å². The van der Waals surface area contributed by atoms with Crippen LogP contribution in [-0.2, 0) is 4.79 Å². The van der Waals surface area contributed by atoms with Crippen molar-refractivity contribution in [2.45, 2.75) is 0 Å². The summed E-state index contributed by atoms with van der Waals surface area (Å²) in [4.78, 5) is 28.4. The Morgan fingerprint density at radius 3 is 2.96 bits per heavy atom. The van der Waals surface area contributed by atoms with Crippen molar-refractivity contribution in [3.8, 4) is 6.07 Å². The van der Waals surface area contributed by atoms with Crippen molar-refractivity contribution in [1.29, 1.82) is 5.26 Å². The molecule has 0 aliphatic rings. The van der Waals surface area contributed by atoms with Gasteiger partial charge in [-0.3, -0.25) is 4.79 Å². The summed E-state index contributed by atoms with van der Waals surface area (Å²) in [6.07, 6.45) is 1.69. The second kappa shape index (κ2) is 5.99. The highest BCUT2D eigenvalue weighted by Gasteiger charge is 2.16. The zero-order valence-electron chi connectivity index (χ0n) is 11.8. The molecule has 2 aromatic carbocycles. The van der Waals surface area contributed by atoms with Gasteiger partial charge < -0.3 is 9.73 Å². The largest absolute Gasteiger partial charge is 0.443 e. The molecule has 0 aliphatic heterocycles. The molecule has 0 saturated carbocycles. The molecule has 3 amide bonds. The van der Waals surface area contributed by atoms with Crippen LogP contribution < -0.4 is 10.2 Å². The predicted molar refractivity (Wildman–Crippen MR) is 82.7 cm³/mol. The van der Waals surface area contributed by atoms with Crippen molar-refractivity contribution in [1.82, 2.24) is 4.98 Å². The number of carbonyl (C=O) groups is 2. The third kappa shape index (κ3) is 2.87.